The zero-order chi connectivity index (χ0) is 19.5. The fraction of sp³-hybridized carbons (Fsp3) is 0.609. The Hall–Kier alpha value is -1.85. The first-order valence-electron chi connectivity index (χ1n) is 10.3. The smallest absolute Gasteiger partial charge is 0.166 e. The number of carbonyl (C=O) groups is 1. The zero-order valence-electron chi connectivity index (χ0n) is 17.0. The van der Waals surface area contributed by atoms with Gasteiger partial charge in [0, 0.05) is 24.1 Å². The number of fused-ring (bicyclic) bond motifs is 1. The van der Waals surface area contributed by atoms with Gasteiger partial charge in [-0.15, -0.1) is 0 Å². The molecule has 2 spiro atoms. The molecule has 2 fully saturated rings. The Morgan fingerprint density at radius 3 is 2.82 bits per heavy atom. The summed E-state index contributed by atoms with van der Waals surface area (Å²) in [6, 6.07) is 4.62. The molecule has 4 aliphatic carbocycles. The van der Waals surface area contributed by atoms with Gasteiger partial charge in [0.1, 0.15) is 17.5 Å². The number of ether oxygens (including phenoxy) is 3. The number of hydrogen-bond acceptors (Lipinski definition) is 5. The molecule has 148 valence electrons. The van der Waals surface area contributed by atoms with E-state index in [1.807, 2.05) is 6.07 Å². The molecule has 6 aliphatic rings. The standard InChI is InChI=1S/C23H27NO4/c1-13(25)15-12-21-7-8-23(15,27-4)20-22(21)9-10-24(2)17(21)11-14-5-6-16(26-3)19(28-20)18(14)22/h5-8,15,17,20H,9-12H2,1-4H3/t15-,17?,20+,21?,22+,23?/m1/s1. The molecule has 5 heteroatoms. The summed E-state index contributed by atoms with van der Waals surface area (Å²) in [5.74, 6) is 1.68. The maximum Gasteiger partial charge on any atom is 0.166 e. The van der Waals surface area contributed by atoms with E-state index in [9.17, 15) is 4.79 Å². The van der Waals surface area contributed by atoms with Crippen LogP contribution in [0.5, 0.6) is 11.5 Å². The van der Waals surface area contributed by atoms with Crippen LogP contribution in [0.1, 0.15) is 30.9 Å². The molecule has 1 aromatic rings. The van der Waals surface area contributed by atoms with Gasteiger partial charge in [-0.05, 0) is 51.4 Å². The lowest BCUT2D eigenvalue weighted by Crippen LogP contribution is -2.79. The van der Waals surface area contributed by atoms with Crippen molar-refractivity contribution in [3.8, 4) is 11.5 Å². The van der Waals surface area contributed by atoms with Crippen LogP contribution in [0.25, 0.3) is 0 Å². The van der Waals surface area contributed by atoms with Crippen LogP contribution in [0.4, 0.5) is 0 Å². The van der Waals surface area contributed by atoms with Gasteiger partial charge in [-0.3, -0.25) is 4.79 Å². The van der Waals surface area contributed by atoms with E-state index in [0.717, 1.165) is 37.3 Å². The summed E-state index contributed by atoms with van der Waals surface area (Å²) in [5.41, 5.74) is 1.72. The van der Waals surface area contributed by atoms with E-state index in [1.54, 1.807) is 21.1 Å². The lowest BCUT2D eigenvalue weighted by Gasteiger charge is -2.70. The first kappa shape index (κ1) is 17.0. The van der Waals surface area contributed by atoms with Gasteiger partial charge in [0.25, 0.3) is 0 Å². The average molecular weight is 381 g/mol. The summed E-state index contributed by atoms with van der Waals surface area (Å²) >= 11 is 0. The van der Waals surface area contributed by atoms with Crippen molar-refractivity contribution in [2.24, 2.45) is 11.3 Å². The highest BCUT2D eigenvalue weighted by Gasteiger charge is 2.79. The second kappa shape index (κ2) is 5.00. The van der Waals surface area contributed by atoms with Gasteiger partial charge in [-0.25, -0.2) is 0 Å². The molecule has 0 amide bonds. The van der Waals surface area contributed by atoms with Crippen molar-refractivity contribution in [3.63, 3.8) is 0 Å². The van der Waals surface area contributed by atoms with E-state index in [0.29, 0.717) is 6.04 Å². The molecule has 5 nitrogen and oxygen atoms in total. The lowest BCUT2D eigenvalue weighted by atomic mass is 9.37. The number of piperidine rings is 1. The quantitative estimate of drug-likeness (QED) is 0.753. The number of rotatable bonds is 3. The molecular formula is C23H27NO4. The Labute approximate surface area is 165 Å². The van der Waals surface area contributed by atoms with Crippen LogP contribution < -0.4 is 9.47 Å². The van der Waals surface area contributed by atoms with Crippen LogP contribution in [0.3, 0.4) is 0 Å². The van der Waals surface area contributed by atoms with Gasteiger partial charge in [0.05, 0.1) is 18.4 Å². The van der Waals surface area contributed by atoms with E-state index in [4.69, 9.17) is 14.2 Å². The van der Waals surface area contributed by atoms with Crippen molar-refractivity contribution in [2.45, 2.75) is 49.3 Å². The number of nitrogens with zero attached hydrogens (tertiary/aromatic N) is 1. The van der Waals surface area contributed by atoms with Gasteiger partial charge in [0.2, 0.25) is 0 Å². The maximum atomic E-state index is 12.8. The summed E-state index contributed by atoms with van der Waals surface area (Å²) in [6.45, 7) is 2.74. The van der Waals surface area contributed by atoms with Gasteiger partial charge in [-0.2, -0.15) is 0 Å². The van der Waals surface area contributed by atoms with Gasteiger partial charge >= 0.3 is 0 Å². The molecule has 4 bridgehead atoms. The molecular weight excluding hydrogens is 354 g/mol. The molecule has 2 heterocycles. The highest BCUT2D eigenvalue weighted by Crippen LogP contribution is 2.74. The van der Waals surface area contributed by atoms with E-state index in [-0.39, 0.29) is 28.6 Å². The number of ketones is 1. The van der Waals surface area contributed by atoms with Crippen molar-refractivity contribution in [1.29, 1.82) is 0 Å². The highest BCUT2D eigenvalue weighted by atomic mass is 16.6. The lowest BCUT2D eigenvalue weighted by molar-refractivity contribution is -0.212. The SMILES string of the molecule is COc1ccc2c3c1O[C@@H]1C4(OC)C=CC5(C[C@@H]4C(C)=O)C(C2)N(C)CC[C@]315. The molecule has 6 atom stereocenters. The molecule has 2 aliphatic heterocycles. The van der Waals surface area contributed by atoms with Crippen molar-refractivity contribution >= 4 is 5.78 Å². The minimum absolute atomic E-state index is 0.105. The number of Topliss-reactive ketones (excluding diaryl/α,β-unsaturated/α-hetero) is 1. The number of methoxy groups -OCH3 is 2. The molecule has 7 rings (SSSR count). The number of likely N-dealkylation sites (N-methyl/N-ethyl adjacent to an activating group) is 1. The summed E-state index contributed by atoms with van der Waals surface area (Å²) < 4.78 is 18.7. The molecule has 0 aromatic heterocycles. The number of hydrogen-bond donors (Lipinski definition) is 0. The van der Waals surface area contributed by atoms with Crippen molar-refractivity contribution < 1.29 is 19.0 Å². The number of carbonyl (C=O) groups excluding carboxylic acids is 1. The van der Waals surface area contributed by atoms with E-state index in [2.05, 4.69) is 30.2 Å². The van der Waals surface area contributed by atoms with E-state index in [1.165, 1.54) is 11.1 Å². The third-order valence-electron chi connectivity index (χ3n) is 8.77. The number of benzene rings is 1. The van der Waals surface area contributed by atoms with Gasteiger partial charge in [0.15, 0.2) is 11.5 Å². The van der Waals surface area contributed by atoms with Crippen molar-refractivity contribution in [2.75, 3.05) is 27.8 Å². The van der Waals surface area contributed by atoms with Crippen molar-refractivity contribution in [3.05, 3.63) is 35.4 Å². The monoisotopic (exact) mass is 381 g/mol. The first-order chi connectivity index (χ1) is 13.4. The Bertz CT molecular complexity index is 941. The summed E-state index contributed by atoms with van der Waals surface area (Å²) in [7, 11) is 5.67. The molecule has 0 N–H and O–H groups in total. The molecule has 1 saturated heterocycles. The fourth-order valence-electron chi connectivity index (χ4n) is 7.67. The van der Waals surface area contributed by atoms with Crippen LogP contribution in [0.2, 0.25) is 0 Å². The van der Waals surface area contributed by atoms with Crippen LogP contribution in [0.15, 0.2) is 24.3 Å². The van der Waals surface area contributed by atoms with Crippen LogP contribution in [-0.4, -0.2) is 56.2 Å². The Kier molecular flexibility index (Phi) is 3.05. The summed E-state index contributed by atoms with van der Waals surface area (Å²) in [4.78, 5) is 15.3. The Morgan fingerprint density at radius 2 is 2.11 bits per heavy atom. The van der Waals surface area contributed by atoms with Gasteiger partial charge in [-0.1, -0.05) is 18.2 Å². The summed E-state index contributed by atoms with van der Waals surface area (Å²) in [5, 5.41) is 0. The van der Waals surface area contributed by atoms with Crippen LogP contribution in [0, 0.1) is 11.3 Å². The summed E-state index contributed by atoms with van der Waals surface area (Å²) in [6.07, 6.45) is 7.19. The molecule has 1 saturated carbocycles. The number of likely N-dealkylation sites (tertiary alicyclic amines) is 1. The fourth-order valence-corrected chi connectivity index (χ4v) is 7.67. The second-order valence-electron chi connectivity index (χ2n) is 9.35. The van der Waals surface area contributed by atoms with Crippen LogP contribution >= 0.6 is 0 Å². The average Bonchev–Trinajstić information content (AvgIpc) is 3.07. The predicted octanol–water partition coefficient (Wildman–Crippen LogP) is 2.50. The minimum Gasteiger partial charge on any atom is -0.493 e. The minimum atomic E-state index is -0.716. The topological polar surface area (TPSA) is 48.0 Å². The largest absolute Gasteiger partial charge is 0.493 e. The zero-order valence-corrected chi connectivity index (χ0v) is 17.0. The molecule has 1 aromatic carbocycles. The van der Waals surface area contributed by atoms with Crippen molar-refractivity contribution in [1.82, 2.24) is 4.90 Å². The third-order valence-corrected chi connectivity index (χ3v) is 8.77. The van der Waals surface area contributed by atoms with E-state index >= 15 is 0 Å². The van der Waals surface area contributed by atoms with E-state index < -0.39 is 5.60 Å². The molecule has 0 radical (unpaired) electrons. The van der Waals surface area contributed by atoms with Crippen LogP contribution in [-0.2, 0) is 21.4 Å². The maximum absolute atomic E-state index is 12.8. The third kappa shape index (κ3) is 1.49. The predicted molar refractivity (Wildman–Crippen MR) is 104 cm³/mol. The second-order valence-corrected chi connectivity index (χ2v) is 9.35. The Balaban J connectivity index is 1.72. The molecule has 3 unspecified atom stereocenters. The van der Waals surface area contributed by atoms with Gasteiger partial charge < -0.3 is 19.1 Å². The highest BCUT2D eigenvalue weighted by molar-refractivity contribution is 5.82. The first-order valence-corrected chi connectivity index (χ1v) is 10.3. The Morgan fingerprint density at radius 1 is 1.29 bits per heavy atom. The molecule has 28 heavy (non-hydrogen) atoms. The normalized spacial score (nSPS) is 44.2.